The van der Waals surface area contributed by atoms with Crippen molar-refractivity contribution in [3.05, 3.63) is 53.7 Å². The number of benzene rings is 1. The van der Waals surface area contributed by atoms with Gasteiger partial charge in [0.2, 0.25) is 0 Å². The minimum atomic E-state index is -0.265. The highest BCUT2D eigenvalue weighted by molar-refractivity contribution is 5.23. The first-order valence-electron chi connectivity index (χ1n) is 6.79. The van der Waals surface area contributed by atoms with E-state index in [0.29, 0.717) is 24.8 Å². The fourth-order valence-corrected chi connectivity index (χ4v) is 1.82. The van der Waals surface area contributed by atoms with Gasteiger partial charge in [-0.1, -0.05) is 13.8 Å². The molecule has 2 rings (SSSR count). The van der Waals surface area contributed by atoms with Crippen LogP contribution in [0.1, 0.15) is 25.2 Å². The van der Waals surface area contributed by atoms with Crippen LogP contribution in [0.4, 0.5) is 4.39 Å². The molecule has 108 valence electrons. The quantitative estimate of drug-likeness (QED) is 0.837. The number of ether oxygens (including phenoxy) is 1. The van der Waals surface area contributed by atoms with E-state index in [1.807, 2.05) is 6.07 Å². The number of nitrogens with one attached hydrogen (secondary N) is 1. The zero-order valence-corrected chi connectivity index (χ0v) is 11.9. The summed E-state index contributed by atoms with van der Waals surface area (Å²) >= 11 is 0. The SMILES string of the molecule is CC(C)CNCc1occc1COc1ccc(F)cc1. The van der Waals surface area contributed by atoms with Crippen molar-refractivity contribution in [2.75, 3.05) is 6.54 Å². The molecule has 0 fully saturated rings. The highest BCUT2D eigenvalue weighted by atomic mass is 19.1. The zero-order chi connectivity index (χ0) is 14.4. The Morgan fingerprint density at radius 1 is 1.20 bits per heavy atom. The maximum Gasteiger partial charge on any atom is 0.124 e. The first-order chi connectivity index (χ1) is 9.65. The first kappa shape index (κ1) is 14.6. The van der Waals surface area contributed by atoms with Gasteiger partial charge in [-0.05, 0) is 42.8 Å². The number of hydrogen-bond acceptors (Lipinski definition) is 3. The Morgan fingerprint density at radius 2 is 1.95 bits per heavy atom. The monoisotopic (exact) mass is 277 g/mol. The normalized spacial score (nSPS) is 11.0. The molecule has 0 atom stereocenters. The molecule has 0 amide bonds. The summed E-state index contributed by atoms with van der Waals surface area (Å²) in [6.07, 6.45) is 1.66. The Labute approximate surface area is 118 Å². The lowest BCUT2D eigenvalue weighted by atomic mass is 10.2. The predicted molar refractivity (Wildman–Crippen MR) is 76.0 cm³/mol. The van der Waals surface area contributed by atoms with Crippen LogP contribution < -0.4 is 10.1 Å². The second-order valence-electron chi connectivity index (χ2n) is 5.14. The van der Waals surface area contributed by atoms with Crippen molar-refractivity contribution >= 4 is 0 Å². The maximum absolute atomic E-state index is 12.8. The topological polar surface area (TPSA) is 34.4 Å². The average Bonchev–Trinajstić information content (AvgIpc) is 2.85. The van der Waals surface area contributed by atoms with E-state index >= 15 is 0 Å². The average molecular weight is 277 g/mol. The van der Waals surface area contributed by atoms with Crippen LogP contribution in [0.25, 0.3) is 0 Å². The largest absolute Gasteiger partial charge is 0.489 e. The van der Waals surface area contributed by atoms with E-state index in [1.165, 1.54) is 12.1 Å². The minimum Gasteiger partial charge on any atom is -0.489 e. The van der Waals surface area contributed by atoms with Gasteiger partial charge in [0, 0.05) is 5.56 Å². The summed E-state index contributed by atoms with van der Waals surface area (Å²) in [6, 6.07) is 7.90. The van der Waals surface area contributed by atoms with Crippen LogP contribution in [0.2, 0.25) is 0 Å². The van der Waals surface area contributed by atoms with E-state index in [2.05, 4.69) is 19.2 Å². The molecule has 1 heterocycles. The second-order valence-corrected chi connectivity index (χ2v) is 5.14. The summed E-state index contributed by atoms with van der Waals surface area (Å²) in [5.74, 6) is 1.87. The van der Waals surface area contributed by atoms with Crippen molar-refractivity contribution < 1.29 is 13.5 Å². The van der Waals surface area contributed by atoms with Crippen LogP contribution in [0.5, 0.6) is 5.75 Å². The molecule has 0 saturated heterocycles. The molecule has 3 nitrogen and oxygen atoms in total. The zero-order valence-electron chi connectivity index (χ0n) is 11.9. The third-order valence-corrected chi connectivity index (χ3v) is 2.88. The Morgan fingerprint density at radius 3 is 2.65 bits per heavy atom. The van der Waals surface area contributed by atoms with Crippen LogP contribution in [0.3, 0.4) is 0 Å². The predicted octanol–water partition coefficient (Wildman–Crippen LogP) is 3.74. The number of rotatable bonds is 7. The molecule has 0 radical (unpaired) electrons. The molecule has 0 saturated carbocycles. The summed E-state index contributed by atoms with van der Waals surface area (Å²) in [7, 11) is 0. The third kappa shape index (κ3) is 4.38. The first-order valence-corrected chi connectivity index (χ1v) is 6.79. The highest BCUT2D eigenvalue weighted by Crippen LogP contribution is 2.16. The van der Waals surface area contributed by atoms with Gasteiger partial charge in [0.15, 0.2) is 0 Å². The van der Waals surface area contributed by atoms with Crippen LogP contribution in [0, 0.1) is 11.7 Å². The summed E-state index contributed by atoms with van der Waals surface area (Å²) in [6.45, 7) is 6.37. The summed E-state index contributed by atoms with van der Waals surface area (Å²) in [5, 5.41) is 3.33. The fourth-order valence-electron chi connectivity index (χ4n) is 1.82. The van der Waals surface area contributed by atoms with E-state index in [9.17, 15) is 4.39 Å². The van der Waals surface area contributed by atoms with Crippen LogP contribution in [0.15, 0.2) is 41.0 Å². The number of halogens is 1. The smallest absolute Gasteiger partial charge is 0.124 e. The van der Waals surface area contributed by atoms with Crippen LogP contribution >= 0.6 is 0 Å². The highest BCUT2D eigenvalue weighted by Gasteiger charge is 2.07. The molecule has 4 heteroatoms. The second kappa shape index (κ2) is 7.10. The molecule has 1 aromatic heterocycles. The molecule has 2 aromatic rings. The molecular weight excluding hydrogens is 257 g/mol. The van der Waals surface area contributed by atoms with Crippen LogP contribution in [-0.4, -0.2) is 6.54 Å². The molecule has 1 aromatic carbocycles. The van der Waals surface area contributed by atoms with Crippen molar-refractivity contribution in [3.8, 4) is 5.75 Å². The lowest BCUT2D eigenvalue weighted by Gasteiger charge is -2.08. The molecule has 0 aliphatic rings. The standard InChI is InChI=1S/C16H20FNO2/c1-12(2)9-18-10-16-13(7-8-19-16)11-20-15-5-3-14(17)4-6-15/h3-8,12,18H,9-11H2,1-2H3. The molecule has 20 heavy (non-hydrogen) atoms. The molecule has 1 N–H and O–H groups in total. The van der Waals surface area contributed by atoms with Crippen molar-refractivity contribution in [2.24, 2.45) is 5.92 Å². The molecule has 0 aliphatic carbocycles. The Kier molecular flexibility index (Phi) is 5.18. The summed E-state index contributed by atoms with van der Waals surface area (Å²) in [4.78, 5) is 0. The van der Waals surface area contributed by atoms with Gasteiger partial charge < -0.3 is 14.5 Å². The number of hydrogen-bond donors (Lipinski definition) is 1. The maximum atomic E-state index is 12.8. The van der Waals surface area contributed by atoms with Crippen molar-refractivity contribution in [2.45, 2.75) is 27.0 Å². The van der Waals surface area contributed by atoms with Gasteiger partial charge in [0.25, 0.3) is 0 Å². The van der Waals surface area contributed by atoms with Gasteiger partial charge in [-0.2, -0.15) is 0 Å². The molecule has 0 unspecified atom stereocenters. The Balaban J connectivity index is 1.86. The Hall–Kier alpha value is -1.81. The molecule has 0 aliphatic heterocycles. The van der Waals surface area contributed by atoms with E-state index in [4.69, 9.17) is 9.15 Å². The van der Waals surface area contributed by atoms with E-state index < -0.39 is 0 Å². The third-order valence-electron chi connectivity index (χ3n) is 2.88. The van der Waals surface area contributed by atoms with Gasteiger partial charge in [0.05, 0.1) is 12.8 Å². The molecular formula is C16H20FNO2. The summed E-state index contributed by atoms with van der Waals surface area (Å²) in [5.41, 5.74) is 1.01. The van der Waals surface area contributed by atoms with Crippen molar-refractivity contribution in [1.29, 1.82) is 0 Å². The van der Waals surface area contributed by atoms with Crippen molar-refractivity contribution in [1.82, 2.24) is 5.32 Å². The van der Waals surface area contributed by atoms with E-state index in [0.717, 1.165) is 17.9 Å². The van der Waals surface area contributed by atoms with E-state index in [-0.39, 0.29) is 5.82 Å². The summed E-state index contributed by atoms with van der Waals surface area (Å²) < 4.78 is 23.9. The minimum absolute atomic E-state index is 0.265. The van der Waals surface area contributed by atoms with E-state index in [1.54, 1.807) is 18.4 Å². The lowest BCUT2D eigenvalue weighted by molar-refractivity contribution is 0.300. The van der Waals surface area contributed by atoms with Gasteiger partial charge in [-0.3, -0.25) is 0 Å². The van der Waals surface area contributed by atoms with Crippen molar-refractivity contribution in [3.63, 3.8) is 0 Å². The molecule has 0 spiro atoms. The van der Waals surface area contributed by atoms with Crippen LogP contribution in [-0.2, 0) is 13.2 Å². The van der Waals surface area contributed by atoms with Gasteiger partial charge in [0.1, 0.15) is 23.9 Å². The lowest BCUT2D eigenvalue weighted by Crippen LogP contribution is -2.19. The Bertz CT molecular complexity index is 520. The van der Waals surface area contributed by atoms with Gasteiger partial charge >= 0.3 is 0 Å². The van der Waals surface area contributed by atoms with Gasteiger partial charge in [-0.15, -0.1) is 0 Å². The fraction of sp³-hybridized carbons (Fsp3) is 0.375. The molecule has 0 bridgehead atoms. The number of furan rings is 1. The van der Waals surface area contributed by atoms with Gasteiger partial charge in [-0.25, -0.2) is 4.39 Å².